The lowest BCUT2D eigenvalue weighted by Gasteiger charge is -2.23. The van der Waals surface area contributed by atoms with Crippen molar-refractivity contribution in [3.8, 4) is 0 Å². The van der Waals surface area contributed by atoms with Crippen LogP contribution in [0, 0.1) is 0 Å². The van der Waals surface area contributed by atoms with Gasteiger partial charge in [-0.2, -0.15) is 4.31 Å². The number of amides is 1. The maximum atomic E-state index is 13.3. The van der Waals surface area contributed by atoms with E-state index in [0.29, 0.717) is 35.1 Å². The summed E-state index contributed by atoms with van der Waals surface area (Å²) in [7, 11) is -3.60. The van der Waals surface area contributed by atoms with Crippen LogP contribution in [0.25, 0.3) is 10.8 Å². The van der Waals surface area contributed by atoms with Gasteiger partial charge in [0.1, 0.15) is 0 Å². The van der Waals surface area contributed by atoms with Crippen molar-refractivity contribution in [1.29, 1.82) is 0 Å². The van der Waals surface area contributed by atoms with Gasteiger partial charge in [0, 0.05) is 35.1 Å². The van der Waals surface area contributed by atoms with Gasteiger partial charge in [-0.3, -0.25) is 4.79 Å². The molecule has 0 saturated heterocycles. The van der Waals surface area contributed by atoms with Crippen LogP contribution in [0.4, 0.5) is 5.69 Å². The molecule has 2 aromatic rings. The topological polar surface area (TPSA) is 66.5 Å². The Kier molecular flexibility index (Phi) is 5.11. The number of rotatable bonds is 8. The normalized spacial score (nSPS) is 13.6. The molecule has 0 atom stereocenters. The molecule has 0 fully saturated rings. The summed E-state index contributed by atoms with van der Waals surface area (Å²) in [4.78, 5) is 12.3. The van der Waals surface area contributed by atoms with E-state index in [2.05, 4.69) is 19.2 Å². The van der Waals surface area contributed by atoms with E-state index in [1.165, 1.54) is 0 Å². The number of unbranched alkanes of at least 4 members (excludes halogenated alkanes) is 2. The highest BCUT2D eigenvalue weighted by Gasteiger charge is 2.29. The van der Waals surface area contributed by atoms with E-state index in [1.54, 1.807) is 34.6 Å². The highest BCUT2D eigenvalue weighted by atomic mass is 32.2. The van der Waals surface area contributed by atoms with Crippen LogP contribution in [-0.2, 0) is 10.0 Å². The van der Waals surface area contributed by atoms with Gasteiger partial charge in [-0.1, -0.05) is 38.8 Å². The van der Waals surface area contributed by atoms with Gasteiger partial charge in [0.05, 0.1) is 4.90 Å². The Morgan fingerprint density at radius 2 is 1.68 bits per heavy atom. The van der Waals surface area contributed by atoms with Crippen LogP contribution in [0.1, 0.15) is 49.9 Å². The molecule has 6 heteroatoms. The molecule has 134 valence electrons. The molecule has 0 aliphatic carbocycles. The Balaban J connectivity index is 2.11. The number of nitrogens with zero attached hydrogens (tertiary/aromatic N) is 1. The molecule has 0 saturated carbocycles. The van der Waals surface area contributed by atoms with E-state index >= 15 is 0 Å². The summed E-state index contributed by atoms with van der Waals surface area (Å²) in [5.74, 6) is -0.177. The van der Waals surface area contributed by atoms with E-state index in [-0.39, 0.29) is 10.8 Å². The van der Waals surface area contributed by atoms with Crippen LogP contribution < -0.4 is 5.32 Å². The third kappa shape index (κ3) is 3.16. The predicted molar refractivity (Wildman–Crippen MR) is 100 cm³/mol. The number of hydrogen-bond donors (Lipinski definition) is 1. The number of carbonyl (C=O) groups is 1. The van der Waals surface area contributed by atoms with Crippen LogP contribution >= 0.6 is 0 Å². The predicted octanol–water partition coefficient (Wildman–Crippen LogP) is 4.00. The number of hydrogen-bond acceptors (Lipinski definition) is 3. The van der Waals surface area contributed by atoms with Gasteiger partial charge < -0.3 is 5.32 Å². The molecular formula is C19H24N2O3S. The second-order valence-corrected chi connectivity index (χ2v) is 8.31. The molecule has 1 N–H and O–H groups in total. The summed E-state index contributed by atoms with van der Waals surface area (Å²) in [6, 6.07) is 8.58. The second kappa shape index (κ2) is 7.14. The second-order valence-electron chi connectivity index (χ2n) is 6.40. The summed E-state index contributed by atoms with van der Waals surface area (Å²) in [6.45, 7) is 5.17. The maximum Gasteiger partial charge on any atom is 0.256 e. The first-order chi connectivity index (χ1) is 12.0. The average molecular weight is 360 g/mol. The van der Waals surface area contributed by atoms with Gasteiger partial charge >= 0.3 is 0 Å². The molecule has 25 heavy (non-hydrogen) atoms. The Morgan fingerprint density at radius 3 is 2.32 bits per heavy atom. The standard InChI is InChI=1S/C19H24N2O3S/c1-3-5-12-21(13-6-4-2)25(23,24)17-11-10-16-18-14(17)8-7-9-15(18)19(22)20-16/h7-11H,3-6,12-13H2,1-2H3,(H,20,22). The molecule has 1 aliphatic heterocycles. The van der Waals surface area contributed by atoms with Crippen molar-refractivity contribution in [1.82, 2.24) is 4.31 Å². The largest absolute Gasteiger partial charge is 0.321 e. The molecule has 0 radical (unpaired) electrons. The van der Waals surface area contributed by atoms with Crippen LogP contribution in [0.5, 0.6) is 0 Å². The highest BCUT2D eigenvalue weighted by molar-refractivity contribution is 7.89. The summed E-state index contributed by atoms with van der Waals surface area (Å²) in [5.41, 5.74) is 1.22. The van der Waals surface area contributed by atoms with Crippen molar-refractivity contribution in [2.75, 3.05) is 18.4 Å². The SMILES string of the molecule is CCCCN(CCCC)S(=O)(=O)c1ccc2c3c(cccc13)C(=O)N2. The lowest BCUT2D eigenvalue weighted by Crippen LogP contribution is -2.33. The molecular weight excluding hydrogens is 336 g/mol. The van der Waals surface area contributed by atoms with E-state index in [4.69, 9.17) is 0 Å². The minimum Gasteiger partial charge on any atom is -0.321 e. The fourth-order valence-corrected chi connectivity index (χ4v) is 4.95. The van der Waals surface area contributed by atoms with E-state index in [9.17, 15) is 13.2 Å². The molecule has 3 rings (SSSR count). The van der Waals surface area contributed by atoms with Crippen molar-refractivity contribution in [2.24, 2.45) is 0 Å². The first kappa shape index (κ1) is 17.9. The summed E-state index contributed by atoms with van der Waals surface area (Å²) < 4.78 is 28.2. The van der Waals surface area contributed by atoms with Crippen molar-refractivity contribution in [2.45, 2.75) is 44.4 Å². The lowest BCUT2D eigenvalue weighted by molar-refractivity contribution is 0.103. The number of carbonyl (C=O) groups excluding carboxylic acids is 1. The zero-order valence-electron chi connectivity index (χ0n) is 14.7. The quantitative estimate of drug-likeness (QED) is 0.774. The monoisotopic (exact) mass is 360 g/mol. The molecule has 1 aliphatic rings. The Hall–Kier alpha value is -1.92. The fourth-order valence-electron chi connectivity index (χ4n) is 3.25. The molecule has 0 unspecified atom stereocenters. The zero-order chi connectivity index (χ0) is 18.0. The molecule has 0 aromatic heterocycles. The van der Waals surface area contributed by atoms with Gasteiger partial charge in [-0.15, -0.1) is 0 Å². The fraction of sp³-hybridized carbons (Fsp3) is 0.421. The number of benzene rings is 2. The first-order valence-corrected chi connectivity index (χ1v) is 10.3. The number of nitrogens with one attached hydrogen (secondary N) is 1. The highest BCUT2D eigenvalue weighted by Crippen LogP contribution is 2.37. The van der Waals surface area contributed by atoms with Crippen LogP contribution in [-0.4, -0.2) is 31.7 Å². The van der Waals surface area contributed by atoms with Crippen molar-refractivity contribution < 1.29 is 13.2 Å². The van der Waals surface area contributed by atoms with Gasteiger partial charge in [-0.25, -0.2) is 8.42 Å². The lowest BCUT2D eigenvalue weighted by atomic mass is 10.1. The van der Waals surface area contributed by atoms with Crippen LogP contribution in [0.2, 0.25) is 0 Å². The summed E-state index contributed by atoms with van der Waals surface area (Å²) >= 11 is 0. The summed E-state index contributed by atoms with van der Waals surface area (Å²) in [6.07, 6.45) is 3.56. The minimum atomic E-state index is -3.60. The third-order valence-electron chi connectivity index (χ3n) is 4.63. The van der Waals surface area contributed by atoms with Gasteiger partial charge in [0.15, 0.2) is 0 Å². The molecule has 1 heterocycles. The van der Waals surface area contributed by atoms with Gasteiger partial charge in [0.2, 0.25) is 10.0 Å². The molecule has 0 bridgehead atoms. The van der Waals surface area contributed by atoms with E-state index in [0.717, 1.165) is 25.7 Å². The zero-order valence-corrected chi connectivity index (χ0v) is 15.5. The van der Waals surface area contributed by atoms with Crippen molar-refractivity contribution >= 4 is 32.4 Å². The van der Waals surface area contributed by atoms with E-state index in [1.807, 2.05) is 0 Å². The number of sulfonamides is 1. The number of anilines is 1. The Morgan fingerprint density at radius 1 is 1.00 bits per heavy atom. The Labute approximate surface area is 149 Å². The minimum absolute atomic E-state index is 0.177. The van der Waals surface area contributed by atoms with E-state index < -0.39 is 10.0 Å². The van der Waals surface area contributed by atoms with Gasteiger partial charge in [0.25, 0.3) is 5.91 Å². The molecule has 1 amide bonds. The first-order valence-electron chi connectivity index (χ1n) is 8.88. The van der Waals surface area contributed by atoms with Crippen LogP contribution in [0.3, 0.4) is 0 Å². The molecule has 2 aromatic carbocycles. The molecule has 5 nitrogen and oxygen atoms in total. The average Bonchev–Trinajstić information content (AvgIpc) is 2.93. The van der Waals surface area contributed by atoms with Crippen LogP contribution in [0.15, 0.2) is 35.2 Å². The third-order valence-corrected chi connectivity index (χ3v) is 6.59. The van der Waals surface area contributed by atoms with Crippen molar-refractivity contribution in [3.63, 3.8) is 0 Å². The van der Waals surface area contributed by atoms with Gasteiger partial charge in [-0.05, 0) is 31.0 Å². The molecule has 0 spiro atoms. The summed E-state index contributed by atoms with van der Waals surface area (Å²) in [5, 5.41) is 4.12. The Bertz CT molecular complexity index is 898. The maximum absolute atomic E-state index is 13.3. The van der Waals surface area contributed by atoms with Crippen molar-refractivity contribution in [3.05, 3.63) is 35.9 Å². The smallest absolute Gasteiger partial charge is 0.256 e.